The minimum absolute atomic E-state index is 0.104. The quantitative estimate of drug-likeness (QED) is 0.384. The topological polar surface area (TPSA) is 63.7 Å². The average Bonchev–Trinajstić information content (AvgIpc) is 2.74. The summed E-state index contributed by atoms with van der Waals surface area (Å²) < 4.78 is 18.2. The van der Waals surface area contributed by atoms with Crippen LogP contribution in [0.1, 0.15) is 32.3 Å². The highest BCUT2D eigenvalue weighted by Gasteiger charge is 2.40. The lowest BCUT2D eigenvalue weighted by atomic mass is 9.90. The number of nitrogens with zero attached hydrogens (tertiary/aromatic N) is 1. The van der Waals surface area contributed by atoms with Crippen molar-refractivity contribution in [3.8, 4) is 0 Å². The molecule has 0 spiro atoms. The van der Waals surface area contributed by atoms with Crippen molar-refractivity contribution >= 4 is 28.6 Å². The molecule has 0 radical (unpaired) electrons. The predicted molar refractivity (Wildman–Crippen MR) is 105 cm³/mol. The molecule has 4 rings (SSSR count). The number of esters is 1. The summed E-state index contributed by atoms with van der Waals surface area (Å²) in [5.74, 6) is -2.36. The lowest BCUT2D eigenvalue weighted by Gasteiger charge is -2.34. The van der Waals surface area contributed by atoms with E-state index in [4.69, 9.17) is 4.74 Å². The van der Waals surface area contributed by atoms with Crippen molar-refractivity contribution in [2.24, 2.45) is 0 Å². The first kappa shape index (κ1) is 18.6. The molecule has 3 aromatic carbocycles. The summed E-state index contributed by atoms with van der Waals surface area (Å²) >= 11 is 0. The zero-order chi connectivity index (χ0) is 20.7. The molecule has 3 aromatic rings. The Morgan fingerprint density at radius 2 is 1.52 bits per heavy atom. The number of benzene rings is 3. The number of hydrogen-bond donors (Lipinski definition) is 0. The molecule has 0 fully saturated rings. The van der Waals surface area contributed by atoms with Crippen molar-refractivity contribution in [3.63, 3.8) is 0 Å². The SMILES string of the molecule is C=C(C(=O)OC)[C@H](c1ccc(F)cc1)N1C(=O)c2cccc3cccc(c23)C1=O. The Labute approximate surface area is 166 Å². The number of carbonyl (C=O) groups is 3. The van der Waals surface area contributed by atoms with Crippen LogP contribution < -0.4 is 0 Å². The molecule has 0 N–H and O–H groups in total. The molecule has 5 nitrogen and oxygen atoms in total. The smallest absolute Gasteiger partial charge is 0.335 e. The van der Waals surface area contributed by atoms with Crippen LogP contribution in [0.5, 0.6) is 0 Å². The number of rotatable bonds is 4. The number of hydrogen-bond acceptors (Lipinski definition) is 4. The van der Waals surface area contributed by atoms with Crippen LogP contribution in [0.4, 0.5) is 4.39 Å². The maximum absolute atomic E-state index is 13.5. The lowest BCUT2D eigenvalue weighted by Crippen LogP contribution is -2.44. The van der Waals surface area contributed by atoms with Gasteiger partial charge in [-0.05, 0) is 35.2 Å². The third kappa shape index (κ3) is 2.89. The van der Waals surface area contributed by atoms with Gasteiger partial charge < -0.3 is 4.74 Å². The summed E-state index contributed by atoms with van der Waals surface area (Å²) in [6.07, 6.45) is 0. The van der Waals surface area contributed by atoms with Crippen LogP contribution in [-0.4, -0.2) is 29.8 Å². The maximum atomic E-state index is 13.5. The van der Waals surface area contributed by atoms with Crippen LogP contribution in [0, 0.1) is 5.82 Å². The van der Waals surface area contributed by atoms with Gasteiger partial charge in [-0.15, -0.1) is 0 Å². The molecule has 0 saturated heterocycles. The maximum Gasteiger partial charge on any atom is 0.335 e. The first-order chi connectivity index (χ1) is 13.9. The second kappa shape index (κ2) is 6.98. The first-order valence-corrected chi connectivity index (χ1v) is 8.86. The summed E-state index contributed by atoms with van der Waals surface area (Å²) in [5, 5.41) is 1.34. The van der Waals surface area contributed by atoms with E-state index in [1.54, 1.807) is 24.3 Å². The van der Waals surface area contributed by atoms with Gasteiger partial charge in [0.05, 0.1) is 18.7 Å². The molecular weight excluding hydrogens is 373 g/mol. The van der Waals surface area contributed by atoms with Crippen molar-refractivity contribution in [1.29, 1.82) is 0 Å². The Balaban J connectivity index is 1.92. The van der Waals surface area contributed by atoms with E-state index in [2.05, 4.69) is 6.58 Å². The van der Waals surface area contributed by atoms with Gasteiger partial charge in [-0.2, -0.15) is 0 Å². The average molecular weight is 389 g/mol. The number of methoxy groups -OCH3 is 1. The molecule has 1 heterocycles. The molecule has 0 unspecified atom stereocenters. The zero-order valence-corrected chi connectivity index (χ0v) is 15.5. The highest BCUT2D eigenvalue weighted by atomic mass is 19.1. The van der Waals surface area contributed by atoms with Crippen LogP contribution in [0.15, 0.2) is 72.8 Å². The molecule has 2 amide bonds. The zero-order valence-electron chi connectivity index (χ0n) is 15.5. The molecule has 0 aromatic heterocycles. The molecule has 1 aliphatic heterocycles. The second-order valence-corrected chi connectivity index (χ2v) is 6.66. The summed E-state index contributed by atoms with van der Waals surface area (Å²) in [7, 11) is 1.19. The van der Waals surface area contributed by atoms with E-state index in [1.807, 2.05) is 12.1 Å². The van der Waals surface area contributed by atoms with Crippen LogP contribution in [0.2, 0.25) is 0 Å². The van der Waals surface area contributed by atoms with E-state index < -0.39 is 29.6 Å². The van der Waals surface area contributed by atoms with E-state index in [0.29, 0.717) is 22.1 Å². The third-order valence-electron chi connectivity index (χ3n) is 5.02. The van der Waals surface area contributed by atoms with E-state index in [9.17, 15) is 18.8 Å². The van der Waals surface area contributed by atoms with Crippen molar-refractivity contribution in [3.05, 3.63) is 95.3 Å². The van der Waals surface area contributed by atoms with E-state index in [-0.39, 0.29) is 5.57 Å². The largest absolute Gasteiger partial charge is 0.466 e. The Morgan fingerprint density at radius 3 is 2.03 bits per heavy atom. The summed E-state index contributed by atoms with van der Waals surface area (Å²) in [5.41, 5.74) is 0.965. The summed E-state index contributed by atoms with van der Waals surface area (Å²) in [6, 6.07) is 14.5. The minimum atomic E-state index is -1.13. The van der Waals surface area contributed by atoms with Gasteiger partial charge in [0.1, 0.15) is 5.82 Å². The number of imide groups is 1. The van der Waals surface area contributed by atoms with Crippen molar-refractivity contribution in [2.45, 2.75) is 6.04 Å². The van der Waals surface area contributed by atoms with Gasteiger partial charge in [-0.3, -0.25) is 14.5 Å². The van der Waals surface area contributed by atoms with Gasteiger partial charge in [0.25, 0.3) is 11.8 Å². The van der Waals surface area contributed by atoms with Crippen molar-refractivity contribution < 1.29 is 23.5 Å². The van der Waals surface area contributed by atoms with Gasteiger partial charge in [0.15, 0.2) is 0 Å². The Kier molecular flexibility index (Phi) is 4.47. The molecule has 29 heavy (non-hydrogen) atoms. The summed E-state index contributed by atoms with van der Waals surface area (Å²) in [6.45, 7) is 3.76. The minimum Gasteiger partial charge on any atom is -0.466 e. The number of ether oxygens (including phenoxy) is 1. The predicted octanol–water partition coefficient (Wildman–Crippen LogP) is 4.05. The van der Waals surface area contributed by atoms with Gasteiger partial charge in [-0.25, -0.2) is 9.18 Å². The molecular formula is C23H16FNO4. The lowest BCUT2D eigenvalue weighted by molar-refractivity contribution is -0.136. The van der Waals surface area contributed by atoms with Crippen molar-refractivity contribution in [2.75, 3.05) is 7.11 Å². The second-order valence-electron chi connectivity index (χ2n) is 6.66. The molecule has 0 saturated carbocycles. The Morgan fingerprint density at radius 1 is 0.966 bits per heavy atom. The fourth-order valence-electron chi connectivity index (χ4n) is 3.68. The molecule has 6 heteroatoms. The third-order valence-corrected chi connectivity index (χ3v) is 5.02. The Hall–Kier alpha value is -3.80. The van der Waals surface area contributed by atoms with Gasteiger partial charge in [-0.1, -0.05) is 43.0 Å². The van der Waals surface area contributed by atoms with Gasteiger partial charge in [0.2, 0.25) is 0 Å². The van der Waals surface area contributed by atoms with Crippen molar-refractivity contribution in [1.82, 2.24) is 4.90 Å². The van der Waals surface area contributed by atoms with Crippen LogP contribution >= 0.6 is 0 Å². The van der Waals surface area contributed by atoms with E-state index >= 15 is 0 Å². The highest BCUT2D eigenvalue weighted by molar-refractivity contribution is 6.26. The first-order valence-electron chi connectivity index (χ1n) is 8.86. The fraction of sp³-hybridized carbons (Fsp3) is 0.0870. The fourth-order valence-corrected chi connectivity index (χ4v) is 3.68. The normalized spacial score (nSPS) is 14.1. The molecule has 144 valence electrons. The molecule has 0 aliphatic carbocycles. The highest BCUT2D eigenvalue weighted by Crippen LogP contribution is 2.37. The summed E-state index contributed by atoms with van der Waals surface area (Å²) in [4.78, 5) is 39.9. The standard InChI is InChI=1S/C23H16FNO4/c1-13(23(28)29-2)20(15-9-11-16(24)12-10-15)25-21(26)17-7-3-5-14-6-4-8-18(19(14)17)22(25)27/h3-12,20H,1H2,2H3/t20-/m1/s1. The van der Waals surface area contributed by atoms with E-state index in [1.165, 1.54) is 31.4 Å². The van der Waals surface area contributed by atoms with Gasteiger partial charge >= 0.3 is 5.97 Å². The van der Waals surface area contributed by atoms with Crippen LogP contribution in [0.25, 0.3) is 10.8 Å². The van der Waals surface area contributed by atoms with Crippen LogP contribution in [-0.2, 0) is 9.53 Å². The molecule has 1 aliphatic rings. The monoisotopic (exact) mass is 389 g/mol. The number of carbonyl (C=O) groups excluding carboxylic acids is 3. The van der Waals surface area contributed by atoms with E-state index in [0.717, 1.165) is 10.3 Å². The molecule has 0 bridgehead atoms. The number of halogens is 1. The van der Waals surface area contributed by atoms with Crippen LogP contribution in [0.3, 0.4) is 0 Å². The Bertz CT molecular complexity index is 1130. The van der Waals surface area contributed by atoms with Gasteiger partial charge in [0, 0.05) is 16.5 Å². The molecule has 1 atom stereocenters. The number of amides is 2.